The van der Waals surface area contributed by atoms with E-state index in [1.54, 1.807) is 7.11 Å². The van der Waals surface area contributed by atoms with Gasteiger partial charge in [-0.15, -0.1) is 0 Å². The van der Waals surface area contributed by atoms with Crippen molar-refractivity contribution in [1.29, 1.82) is 0 Å². The van der Waals surface area contributed by atoms with Crippen molar-refractivity contribution in [2.24, 2.45) is 5.73 Å². The van der Waals surface area contributed by atoms with Crippen LogP contribution in [0.15, 0.2) is 30.5 Å². The summed E-state index contributed by atoms with van der Waals surface area (Å²) in [4.78, 5) is 9.14. The van der Waals surface area contributed by atoms with Gasteiger partial charge in [0.05, 0.1) is 7.11 Å². The van der Waals surface area contributed by atoms with Gasteiger partial charge >= 0.3 is 0 Å². The molecule has 0 aliphatic heterocycles. The molecule has 1 aromatic heterocycles. The molecule has 0 saturated heterocycles. The Morgan fingerprint density at radius 1 is 1.30 bits per heavy atom. The molecule has 104 valence electrons. The average molecular weight is 269 g/mol. The van der Waals surface area contributed by atoms with Crippen LogP contribution in [0, 0.1) is 0 Å². The molecule has 0 spiro atoms. The summed E-state index contributed by atoms with van der Waals surface area (Å²) in [5.74, 6) is 1.73. The second-order valence-electron chi connectivity index (χ2n) is 5.21. The molecule has 1 aliphatic rings. The third kappa shape index (κ3) is 2.65. The normalized spacial score (nSPS) is 17.6. The van der Waals surface area contributed by atoms with Crippen molar-refractivity contribution in [2.75, 3.05) is 7.11 Å². The van der Waals surface area contributed by atoms with Crippen molar-refractivity contribution >= 4 is 0 Å². The minimum atomic E-state index is 0.105. The van der Waals surface area contributed by atoms with Gasteiger partial charge < -0.3 is 10.5 Å². The molecule has 4 nitrogen and oxygen atoms in total. The SMILES string of the molecule is COc1ccc(Cc2ncc3c(n2)CCCC3N)cc1. The van der Waals surface area contributed by atoms with Crippen LogP contribution in [0.3, 0.4) is 0 Å². The van der Waals surface area contributed by atoms with E-state index in [2.05, 4.69) is 9.97 Å². The minimum Gasteiger partial charge on any atom is -0.497 e. The topological polar surface area (TPSA) is 61.0 Å². The van der Waals surface area contributed by atoms with Crippen LogP contribution in [0.1, 0.15) is 41.5 Å². The van der Waals surface area contributed by atoms with Gasteiger partial charge in [-0.2, -0.15) is 0 Å². The number of aromatic nitrogens is 2. The van der Waals surface area contributed by atoms with Crippen LogP contribution in [0.4, 0.5) is 0 Å². The summed E-state index contributed by atoms with van der Waals surface area (Å²) in [6, 6.07) is 8.13. The van der Waals surface area contributed by atoms with E-state index >= 15 is 0 Å². The number of ether oxygens (including phenoxy) is 1. The van der Waals surface area contributed by atoms with Gasteiger partial charge in [0, 0.05) is 29.9 Å². The summed E-state index contributed by atoms with van der Waals surface area (Å²) < 4.78 is 5.16. The number of rotatable bonds is 3. The van der Waals surface area contributed by atoms with E-state index in [0.717, 1.165) is 48.5 Å². The van der Waals surface area contributed by atoms with Crippen molar-refractivity contribution in [3.05, 3.63) is 53.1 Å². The highest BCUT2D eigenvalue weighted by molar-refractivity contribution is 5.30. The molecule has 1 unspecified atom stereocenters. The summed E-state index contributed by atoms with van der Waals surface area (Å²) in [5, 5.41) is 0. The highest BCUT2D eigenvalue weighted by Gasteiger charge is 2.18. The van der Waals surface area contributed by atoms with Crippen molar-refractivity contribution in [2.45, 2.75) is 31.7 Å². The Labute approximate surface area is 119 Å². The molecule has 1 atom stereocenters. The predicted molar refractivity (Wildman–Crippen MR) is 77.7 cm³/mol. The zero-order valence-corrected chi connectivity index (χ0v) is 11.7. The second kappa shape index (κ2) is 5.59. The van der Waals surface area contributed by atoms with E-state index in [-0.39, 0.29) is 6.04 Å². The van der Waals surface area contributed by atoms with Crippen molar-refractivity contribution in [3.63, 3.8) is 0 Å². The maximum absolute atomic E-state index is 6.09. The number of hydrogen-bond donors (Lipinski definition) is 1. The van der Waals surface area contributed by atoms with Crippen molar-refractivity contribution < 1.29 is 4.74 Å². The maximum Gasteiger partial charge on any atom is 0.132 e. The van der Waals surface area contributed by atoms with Crippen molar-refractivity contribution in [3.8, 4) is 5.75 Å². The van der Waals surface area contributed by atoms with Crippen LogP contribution in [-0.2, 0) is 12.8 Å². The lowest BCUT2D eigenvalue weighted by atomic mass is 9.93. The molecular weight excluding hydrogens is 250 g/mol. The molecular formula is C16H19N3O. The Hall–Kier alpha value is -1.94. The Balaban J connectivity index is 1.80. The molecule has 0 saturated carbocycles. The highest BCUT2D eigenvalue weighted by Crippen LogP contribution is 2.26. The molecule has 0 amide bonds. The first-order valence-electron chi connectivity index (χ1n) is 6.99. The third-order valence-electron chi connectivity index (χ3n) is 3.80. The summed E-state index contributed by atoms with van der Waals surface area (Å²) in [5.41, 5.74) is 9.52. The lowest BCUT2D eigenvalue weighted by Gasteiger charge is -2.21. The first-order valence-corrected chi connectivity index (χ1v) is 6.99. The number of fused-ring (bicyclic) bond motifs is 1. The zero-order valence-electron chi connectivity index (χ0n) is 11.7. The molecule has 4 heteroatoms. The summed E-state index contributed by atoms with van der Waals surface area (Å²) >= 11 is 0. The fraction of sp³-hybridized carbons (Fsp3) is 0.375. The average Bonchev–Trinajstić information content (AvgIpc) is 2.48. The predicted octanol–water partition coefficient (Wildman–Crippen LogP) is 2.41. The fourth-order valence-corrected chi connectivity index (χ4v) is 2.63. The van der Waals surface area contributed by atoms with E-state index in [0.29, 0.717) is 0 Å². The molecule has 3 rings (SSSR count). The van der Waals surface area contributed by atoms with Crippen LogP contribution < -0.4 is 10.5 Å². The molecule has 1 aromatic carbocycles. The van der Waals surface area contributed by atoms with E-state index in [4.69, 9.17) is 10.5 Å². The van der Waals surface area contributed by atoms with Crippen LogP contribution in [0.2, 0.25) is 0 Å². The molecule has 0 radical (unpaired) electrons. The summed E-state index contributed by atoms with van der Waals surface area (Å²) in [6.45, 7) is 0. The lowest BCUT2D eigenvalue weighted by Crippen LogP contribution is -2.19. The molecule has 1 heterocycles. The van der Waals surface area contributed by atoms with Gasteiger partial charge in [0.15, 0.2) is 0 Å². The molecule has 20 heavy (non-hydrogen) atoms. The number of methoxy groups -OCH3 is 1. The lowest BCUT2D eigenvalue weighted by molar-refractivity contribution is 0.414. The van der Waals surface area contributed by atoms with Gasteiger partial charge in [0.2, 0.25) is 0 Å². The van der Waals surface area contributed by atoms with Gasteiger partial charge in [-0.05, 0) is 37.0 Å². The van der Waals surface area contributed by atoms with Crippen LogP contribution in [-0.4, -0.2) is 17.1 Å². The molecule has 2 N–H and O–H groups in total. The van der Waals surface area contributed by atoms with Gasteiger partial charge in [-0.1, -0.05) is 12.1 Å². The minimum absolute atomic E-state index is 0.105. The number of benzene rings is 1. The Bertz CT molecular complexity index is 595. The highest BCUT2D eigenvalue weighted by atomic mass is 16.5. The Kier molecular flexibility index (Phi) is 3.65. The largest absolute Gasteiger partial charge is 0.497 e. The second-order valence-corrected chi connectivity index (χ2v) is 5.21. The standard InChI is InChI=1S/C16H19N3O/c1-20-12-7-5-11(6-8-12)9-16-18-10-13-14(17)3-2-4-15(13)19-16/h5-8,10,14H,2-4,9,17H2,1H3. The Morgan fingerprint density at radius 2 is 2.10 bits per heavy atom. The number of hydrogen-bond acceptors (Lipinski definition) is 4. The summed E-state index contributed by atoms with van der Waals surface area (Å²) in [6.07, 6.45) is 5.82. The fourth-order valence-electron chi connectivity index (χ4n) is 2.63. The molecule has 1 aliphatic carbocycles. The number of nitrogens with zero attached hydrogens (tertiary/aromatic N) is 2. The quantitative estimate of drug-likeness (QED) is 0.929. The monoisotopic (exact) mass is 269 g/mol. The molecule has 0 fully saturated rings. The molecule has 2 aromatic rings. The first-order chi connectivity index (χ1) is 9.76. The van der Waals surface area contributed by atoms with Crippen LogP contribution in [0.25, 0.3) is 0 Å². The van der Waals surface area contributed by atoms with Crippen LogP contribution >= 0.6 is 0 Å². The van der Waals surface area contributed by atoms with Gasteiger partial charge in [-0.3, -0.25) is 0 Å². The van der Waals surface area contributed by atoms with Gasteiger partial charge in [0.1, 0.15) is 11.6 Å². The number of nitrogens with two attached hydrogens (primary N) is 1. The first kappa shape index (κ1) is 13.1. The van der Waals surface area contributed by atoms with E-state index in [1.807, 2.05) is 30.5 Å². The zero-order chi connectivity index (χ0) is 13.9. The summed E-state index contributed by atoms with van der Waals surface area (Å²) in [7, 11) is 1.67. The smallest absolute Gasteiger partial charge is 0.132 e. The third-order valence-corrected chi connectivity index (χ3v) is 3.80. The van der Waals surface area contributed by atoms with Crippen molar-refractivity contribution in [1.82, 2.24) is 9.97 Å². The Morgan fingerprint density at radius 3 is 2.85 bits per heavy atom. The van der Waals surface area contributed by atoms with Gasteiger partial charge in [0.25, 0.3) is 0 Å². The molecule has 0 bridgehead atoms. The van der Waals surface area contributed by atoms with Gasteiger partial charge in [-0.25, -0.2) is 9.97 Å². The number of aryl methyl sites for hydroxylation is 1. The maximum atomic E-state index is 6.09. The van der Waals surface area contributed by atoms with E-state index < -0.39 is 0 Å². The van der Waals surface area contributed by atoms with E-state index in [1.165, 1.54) is 5.56 Å². The van der Waals surface area contributed by atoms with E-state index in [9.17, 15) is 0 Å². The van der Waals surface area contributed by atoms with Crippen LogP contribution in [0.5, 0.6) is 5.75 Å².